The van der Waals surface area contributed by atoms with Gasteiger partial charge in [-0.1, -0.05) is 6.92 Å². The van der Waals surface area contributed by atoms with Crippen molar-refractivity contribution in [3.8, 4) is 0 Å². The van der Waals surface area contributed by atoms with Gasteiger partial charge in [-0.15, -0.1) is 0 Å². The Morgan fingerprint density at radius 2 is 2.00 bits per heavy atom. The molecular weight excluding hydrogens is 218 g/mol. The average Bonchev–Trinajstić information content (AvgIpc) is 2.35. The maximum atomic E-state index is 12.1. The van der Waals surface area contributed by atoms with Gasteiger partial charge in [-0.25, -0.2) is 9.78 Å². The molecule has 0 spiro atoms. The number of hydrogen-bond acceptors (Lipinski definition) is 3. The van der Waals surface area contributed by atoms with E-state index in [-0.39, 0.29) is 11.2 Å². The van der Waals surface area contributed by atoms with E-state index in [2.05, 4.69) is 4.98 Å². The number of nitrogens with zero attached hydrogens (tertiary/aromatic N) is 3. The Balaban J connectivity index is 2.96. The second kappa shape index (κ2) is 4.53. The molecule has 0 fully saturated rings. The van der Waals surface area contributed by atoms with Crippen molar-refractivity contribution in [1.82, 2.24) is 14.1 Å². The molecule has 90 valence electrons. The summed E-state index contributed by atoms with van der Waals surface area (Å²) in [5.74, 6) is 0. The molecule has 0 aliphatic carbocycles. The Morgan fingerprint density at radius 3 is 2.65 bits per heavy atom. The first-order valence-electron chi connectivity index (χ1n) is 5.79. The quantitative estimate of drug-likeness (QED) is 0.794. The lowest BCUT2D eigenvalue weighted by atomic mass is 10.3. The van der Waals surface area contributed by atoms with Gasteiger partial charge in [-0.2, -0.15) is 0 Å². The zero-order valence-corrected chi connectivity index (χ0v) is 10.0. The van der Waals surface area contributed by atoms with Crippen LogP contribution in [0.1, 0.15) is 20.3 Å². The number of fused-ring (bicyclic) bond motifs is 1. The smallest absolute Gasteiger partial charge is 0.277 e. The third-order valence-corrected chi connectivity index (χ3v) is 2.74. The van der Waals surface area contributed by atoms with Crippen LogP contribution in [0.3, 0.4) is 0 Å². The summed E-state index contributed by atoms with van der Waals surface area (Å²) in [6.45, 7) is 4.74. The van der Waals surface area contributed by atoms with Crippen molar-refractivity contribution >= 4 is 11.0 Å². The van der Waals surface area contributed by atoms with Crippen LogP contribution in [-0.4, -0.2) is 14.1 Å². The van der Waals surface area contributed by atoms with Gasteiger partial charge >= 0.3 is 5.69 Å². The summed E-state index contributed by atoms with van der Waals surface area (Å²) in [4.78, 5) is 28.3. The Hall–Kier alpha value is -1.91. The first-order chi connectivity index (χ1) is 8.20. The summed E-state index contributed by atoms with van der Waals surface area (Å²) in [6.07, 6.45) is 2.43. The van der Waals surface area contributed by atoms with Gasteiger partial charge in [0.15, 0.2) is 0 Å². The van der Waals surface area contributed by atoms with Crippen molar-refractivity contribution in [3.05, 3.63) is 39.2 Å². The van der Waals surface area contributed by atoms with Crippen LogP contribution in [0.2, 0.25) is 0 Å². The highest BCUT2D eigenvalue weighted by Crippen LogP contribution is 2.04. The molecule has 2 heterocycles. The van der Waals surface area contributed by atoms with E-state index in [1.54, 1.807) is 29.8 Å². The van der Waals surface area contributed by atoms with E-state index >= 15 is 0 Å². The van der Waals surface area contributed by atoms with E-state index < -0.39 is 0 Å². The minimum absolute atomic E-state index is 0.257. The predicted octanol–water partition coefficient (Wildman–Crippen LogP) is 0.988. The molecule has 17 heavy (non-hydrogen) atoms. The Labute approximate surface area is 98.3 Å². The van der Waals surface area contributed by atoms with Crippen LogP contribution in [0, 0.1) is 0 Å². The fourth-order valence-electron chi connectivity index (χ4n) is 1.95. The van der Waals surface area contributed by atoms with E-state index in [0.29, 0.717) is 24.1 Å². The molecule has 0 saturated carbocycles. The average molecular weight is 233 g/mol. The molecular formula is C12H15N3O2. The Morgan fingerprint density at radius 1 is 1.24 bits per heavy atom. The molecule has 0 unspecified atom stereocenters. The second-order valence-corrected chi connectivity index (χ2v) is 3.86. The minimum Gasteiger partial charge on any atom is -0.277 e. The lowest BCUT2D eigenvalue weighted by molar-refractivity contribution is 0.579. The Bertz CT molecular complexity index is 655. The van der Waals surface area contributed by atoms with E-state index in [0.717, 1.165) is 6.42 Å². The van der Waals surface area contributed by atoms with E-state index in [9.17, 15) is 9.59 Å². The van der Waals surface area contributed by atoms with E-state index in [1.807, 2.05) is 6.92 Å². The van der Waals surface area contributed by atoms with Crippen molar-refractivity contribution in [2.24, 2.45) is 0 Å². The molecule has 2 aromatic heterocycles. The van der Waals surface area contributed by atoms with Crippen molar-refractivity contribution in [2.45, 2.75) is 33.4 Å². The molecule has 0 aliphatic heterocycles. The lowest BCUT2D eigenvalue weighted by Gasteiger charge is -2.10. The molecule has 0 aliphatic rings. The van der Waals surface area contributed by atoms with Crippen LogP contribution in [0.5, 0.6) is 0 Å². The summed E-state index contributed by atoms with van der Waals surface area (Å²) >= 11 is 0. The molecule has 2 rings (SSSR count). The van der Waals surface area contributed by atoms with Crippen LogP contribution < -0.4 is 11.2 Å². The number of aryl methyl sites for hydroxylation is 1. The van der Waals surface area contributed by atoms with Crippen LogP contribution in [0.15, 0.2) is 27.9 Å². The van der Waals surface area contributed by atoms with Gasteiger partial charge in [0.2, 0.25) is 0 Å². The van der Waals surface area contributed by atoms with E-state index in [4.69, 9.17) is 0 Å². The molecule has 0 saturated heterocycles. The zero-order valence-electron chi connectivity index (χ0n) is 10.0. The van der Waals surface area contributed by atoms with Gasteiger partial charge < -0.3 is 0 Å². The fourth-order valence-corrected chi connectivity index (χ4v) is 1.95. The summed E-state index contributed by atoms with van der Waals surface area (Å²) in [5, 5.41) is 0.502. The highest BCUT2D eigenvalue weighted by molar-refractivity contribution is 5.73. The topological polar surface area (TPSA) is 56.9 Å². The number of rotatable bonds is 3. The zero-order chi connectivity index (χ0) is 12.4. The number of aromatic nitrogens is 3. The molecule has 0 amide bonds. The monoisotopic (exact) mass is 233 g/mol. The van der Waals surface area contributed by atoms with Gasteiger partial charge in [-0.3, -0.25) is 13.9 Å². The third-order valence-electron chi connectivity index (χ3n) is 2.74. The molecule has 0 radical (unpaired) electrons. The summed E-state index contributed by atoms with van der Waals surface area (Å²) in [7, 11) is 0. The highest BCUT2D eigenvalue weighted by Gasteiger charge is 2.11. The summed E-state index contributed by atoms with van der Waals surface area (Å²) < 4.78 is 2.82. The van der Waals surface area contributed by atoms with Gasteiger partial charge in [0.1, 0.15) is 5.65 Å². The second-order valence-electron chi connectivity index (χ2n) is 3.86. The lowest BCUT2D eigenvalue weighted by Crippen LogP contribution is -2.39. The molecule has 5 heteroatoms. The van der Waals surface area contributed by atoms with Gasteiger partial charge in [-0.05, 0) is 25.5 Å². The van der Waals surface area contributed by atoms with Crippen molar-refractivity contribution < 1.29 is 0 Å². The summed E-state index contributed by atoms with van der Waals surface area (Å²) in [6, 6.07) is 3.42. The Kier molecular flexibility index (Phi) is 3.08. The van der Waals surface area contributed by atoms with Crippen molar-refractivity contribution in [3.63, 3.8) is 0 Å². The van der Waals surface area contributed by atoms with Crippen molar-refractivity contribution in [1.29, 1.82) is 0 Å². The van der Waals surface area contributed by atoms with Gasteiger partial charge in [0, 0.05) is 19.3 Å². The predicted molar refractivity (Wildman–Crippen MR) is 66.2 cm³/mol. The number of pyridine rings is 1. The summed E-state index contributed by atoms with van der Waals surface area (Å²) in [5.41, 5.74) is -0.0486. The van der Waals surface area contributed by atoms with Crippen LogP contribution in [-0.2, 0) is 13.1 Å². The maximum Gasteiger partial charge on any atom is 0.332 e. The van der Waals surface area contributed by atoms with Gasteiger partial charge in [0.05, 0.1) is 5.39 Å². The molecule has 0 N–H and O–H groups in total. The first kappa shape index (κ1) is 11.6. The molecule has 2 aromatic rings. The van der Waals surface area contributed by atoms with Crippen LogP contribution in [0.4, 0.5) is 0 Å². The highest BCUT2D eigenvalue weighted by atomic mass is 16.2. The van der Waals surface area contributed by atoms with E-state index in [1.165, 1.54) is 4.57 Å². The minimum atomic E-state index is -0.273. The molecule has 0 atom stereocenters. The van der Waals surface area contributed by atoms with Crippen molar-refractivity contribution in [2.75, 3.05) is 0 Å². The first-order valence-corrected chi connectivity index (χ1v) is 5.79. The number of hydrogen-bond donors (Lipinski definition) is 0. The molecule has 5 nitrogen and oxygen atoms in total. The van der Waals surface area contributed by atoms with Crippen LogP contribution >= 0.6 is 0 Å². The normalized spacial score (nSPS) is 10.9. The SMILES string of the molecule is CCCn1c(=O)n(CC)c(=O)c2cccnc21. The largest absolute Gasteiger partial charge is 0.332 e. The standard InChI is InChI=1S/C12H15N3O2/c1-3-8-15-10-9(6-5-7-13-10)11(16)14(4-2)12(15)17/h5-7H,3-4,8H2,1-2H3. The molecule has 0 aromatic carbocycles. The van der Waals surface area contributed by atoms with Gasteiger partial charge in [0.25, 0.3) is 5.56 Å². The van der Waals surface area contributed by atoms with Crippen LogP contribution in [0.25, 0.3) is 11.0 Å². The fraction of sp³-hybridized carbons (Fsp3) is 0.417. The third kappa shape index (κ3) is 1.77. The molecule has 0 bridgehead atoms. The maximum absolute atomic E-state index is 12.1.